The first-order valence-electron chi connectivity index (χ1n) is 7.58. The van der Waals surface area contributed by atoms with Gasteiger partial charge in [0.25, 0.3) is 10.0 Å². The molecular weight excluding hydrogens is 398 g/mol. The number of sulfonamides is 1. The zero-order valence-electron chi connectivity index (χ0n) is 13.7. The van der Waals surface area contributed by atoms with Gasteiger partial charge in [-0.2, -0.15) is 0 Å². The van der Waals surface area contributed by atoms with Crippen LogP contribution in [0.1, 0.15) is 0 Å². The average Bonchev–Trinajstić information content (AvgIpc) is 2.95. The molecule has 1 atom stereocenters. The predicted octanol–water partition coefficient (Wildman–Crippen LogP) is 2.85. The van der Waals surface area contributed by atoms with E-state index in [4.69, 9.17) is 16.3 Å². The number of hydrogen-bond donors (Lipinski definition) is 0. The molecule has 0 amide bonds. The summed E-state index contributed by atoms with van der Waals surface area (Å²) in [5.74, 6) is 0.249. The van der Waals surface area contributed by atoms with E-state index in [1.807, 2.05) is 0 Å². The van der Waals surface area contributed by atoms with Gasteiger partial charge in [0.2, 0.25) is 0 Å². The van der Waals surface area contributed by atoms with Crippen LogP contribution in [0.4, 0.5) is 5.69 Å². The number of benzene rings is 2. The molecule has 0 saturated heterocycles. The van der Waals surface area contributed by atoms with Gasteiger partial charge < -0.3 is 4.74 Å². The van der Waals surface area contributed by atoms with Crippen LogP contribution in [0.25, 0.3) is 0 Å². The lowest BCUT2D eigenvalue weighted by molar-refractivity contribution is 0.415. The second-order valence-corrected chi connectivity index (χ2v) is 9.86. The highest BCUT2D eigenvalue weighted by Crippen LogP contribution is 2.31. The fourth-order valence-electron chi connectivity index (χ4n) is 2.66. The third-order valence-electron chi connectivity index (χ3n) is 3.91. The minimum absolute atomic E-state index is 0.0235. The van der Waals surface area contributed by atoms with E-state index in [0.717, 1.165) is 9.71 Å². The highest BCUT2D eigenvalue weighted by molar-refractivity contribution is 7.95. The Labute approximate surface area is 157 Å². The summed E-state index contributed by atoms with van der Waals surface area (Å²) < 4.78 is 56.3. The first kappa shape index (κ1) is 18.8. The largest absolute Gasteiger partial charge is 0.497 e. The van der Waals surface area contributed by atoms with E-state index < -0.39 is 25.9 Å². The molecule has 1 heterocycles. The Hall–Kier alpha value is -2.03. The van der Waals surface area contributed by atoms with Crippen molar-refractivity contribution in [3.05, 3.63) is 65.0 Å². The number of anilines is 1. The Morgan fingerprint density at radius 1 is 1.08 bits per heavy atom. The van der Waals surface area contributed by atoms with E-state index >= 15 is 0 Å². The van der Waals surface area contributed by atoms with Crippen LogP contribution >= 0.6 is 11.6 Å². The highest BCUT2D eigenvalue weighted by atomic mass is 35.5. The molecule has 0 N–H and O–H groups in total. The summed E-state index contributed by atoms with van der Waals surface area (Å²) in [5.41, 5.74) is 0.340. The summed E-state index contributed by atoms with van der Waals surface area (Å²) in [6.45, 7) is 0. The van der Waals surface area contributed by atoms with Crippen molar-refractivity contribution < 1.29 is 21.6 Å². The SMILES string of the molecule is COc1ccc(N([C@H]2C=CS(=O)(=O)C2)S(=O)(=O)c2ccc(Cl)cc2)cc1. The summed E-state index contributed by atoms with van der Waals surface area (Å²) >= 11 is 5.84. The van der Waals surface area contributed by atoms with Gasteiger partial charge in [0.1, 0.15) is 5.75 Å². The fraction of sp³-hybridized carbons (Fsp3) is 0.176. The molecule has 1 aliphatic rings. The minimum Gasteiger partial charge on any atom is -0.497 e. The zero-order valence-corrected chi connectivity index (χ0v) is 16.1. The molecule has 0 bridgehead atoms. The smallest absolute Gasteiger partial charge is 0.264 e. The topological polar surface area (TPSA) is 80.8 Å². The summed E-state index contributed by atoms with van der Waals surface area (Å²) in [5, 5.41) is 1.45. The van der Waals surface area contributed by atoms with Gasteiger partial charge in [0.05, 0.1) is 29.5 Å². The quantitative estimate of drug-likeness (QED) is 0.752. The van der Waals surface area contributed by atoms with Crippen molar-refractivity contribution in [2.45, 2.75) is 10.9 Å². The summed E-state index contributed by atoms with van der Waals surface area (Å²) in [7, 11) is -5.95. The van der Waals surface area contributed by atoms with Gasteiger partial charge in [0, 0.05) is 10.4 Å². The van der Waals surface area contributed by atoms with E-state index in [1.54, 1.807) is 24.3 Å². The number of methoxy groups -OCH3 is 1. The standard InChI is InChI=1S/C17H16ClNO5S2/c1-24-16-6-4-14(5-7-16)19(15-10-11-25(20,21)12-15)26(22,23)17-8-2-13(18)3-9-17/h2-11,15H,12H2,1H3/t15-/m0/s1. The fourth-order valence-corrected chi connectivity index (χ4v) is 5.76. The Morgan fingerprint density at radius 2 is 1.69 bits per heavy atom. The predicted molar refractivity (Wildman–Crippen MR) is 101 cm³/mol. The monoisotopic (exact) mass is 413 g/mol. The molecule has 0 radical (unpaired) electrons. The summed E-state index contributed by atoms with van der Waals surface area (Å²) in [6, 6.07) is 11.3. The van der Waals surface area contributed by atoms with E-state index in [-0.39, 0.29) is 10.6 Å². The van der Waals surface area contributed by atoms with Crippen LogP contribution < -0.4 is 9.04 Å². The molecule has 3 rings (SSSR count). The van der Waals surface area contributed by atoms with Gasteiger partial charge in [-0.1, -0.05) is 11.6 Å². The second kappa shape index (κ2) is 6.94. The molecule has 0 fully saturated rings. The molecule has 2 aromatic rings. The van der Waals surface area contributed by atoms with Gasteiger partial charge in [-0.05, 0) is 54.6 Å². The maximum Gasteiger partial charge on any atom is 0.264 e. The van der Waals surface area contributed by atoms with Crippen molar-refractivity contribution in [1.82, 2.24) is 0 Å². The van der Waals surface area contributed by atoms with Crippen LogP contribution in [0, 0.1) is 0 Å². The number of ether oxygens (including phenoxy) is 1. The molecule has 0 aliphatic carbocycles. The molecule has 0 aromatic heterocycles. The summed E-state index contributed by atoms with van der Waals surface area (Å²) in [4.78, 5) is 0.0235. The molecule has 1 aliphatic heterocycles. The Morgan fingerprint density at radius 3 is 2.19 bits per heavy atom. The molecule has 138 valence electrons. The second-order valence-electron chi connectivity index (χ2n) is 5.68. The van der Waals surface area contributed by atoms with Gasteiger partial charge in [0.15, 0.2) is 9.84 Å². The normalized spacial score (nSPS) is 18.6. The zero-order chi connectivity index (χ0) is 18.9. The number of rotatable bonds is 5. The van der Waals surface area contributed by atoms with Crippen molar-refractivity contribution in [2.75, 3.05) is 17.2 Å². The van der Waals surface area contributed by atoms with Crippen molar-refractivity contribution >= 4 is 37.1 Å². The van der Waals surface area contributed by atoms with E-state index in [1.165, 1.54) is 37.5 Å². The molecule has 6 nitrogen and oxygen atoms in total. The van der Waals surface area contributed by atoms with Crippen LogP contribution in [0.5, 0.6) is 5.75 Å². The Bertz CT molecular complexity index is 1030. The first-order chi connectivity index (χ1) is 12.2. The lowest BCUT2D eigenvalue weighted by Crippen LogP contribution is -2.41. The van der Waals surface area contributed by atoms with Crippen LogP contribution in [-0.4, -0.2) is 35.7 Å². The van der Waals surface area contributed by atoms with Crippen LogP contribution in [0.3, 0.4) is 0 Å². The van der Waals surface area contributed by atoms with Crippen LogP contribution in [0.15, 0.2) is 64.9 Å². The molecular formula is C17H16ClNO5S2. The van der Waals surface area contributed by atoms with E-state index in [2.05, 4.69) is 0 Å². The highest BCUT2D eigenvalue weighted by Gasteiger charge is 2.35. The van der Waals surface area contributed by atoms with E-state index in [0.29, 0.717) is 16.5 Å². The number of nitrogens with zero attached hydrogens (tertiary/aromatic N) is 1. The van der Waals surface area contributed by atoms with Crippen molar-refractivity contribution in [3.63, 3.8) is 0 Å². The Balaban J connectivity index is 2.10. The number of sulfone groups is 1. The molecule has 9 heteroatoms. The van der Waals surface area contributed by atoms with Crippen LogP contribution in [0.2, 0.25) is 5.02 Å². The number of hydrogen-bond acceptors (Lipinski definition) is 5. The van der Waals surface area contributed by atoms with Gasteiger partial charge in [-0.15, -0.1) is 0 Å². The van der Waals surface area contributed by atoms with Crippen molar-refractivity contribution in [1.29, 1.82) is 0 Å². The lowest BCUT2D eigenvalue weighted by Gasteiger charge is -2.29. The van der Waals surface area contributed by atoms with Crippen molar-refractivity contribution in [3.8, 4) is 5.75 Å². The third kappa shape index (κ3) is 3.72. The van der Waals surface area contributed by atoms with Gasteiger partial charge >= 0.3 is 0 Å². The maximum absolute atomic E-state index is 13.2. The number of halogens is 1. The average molecular weight is 414 g/mol. The molecule has 0 unspecified atom stereocenters. The lowest BCUT2D eigenvalue weighted by atomic mass is 10.2. The maximum atomic E-state index is 13.2. The van der Waals surface area contributed by atoms with E-state index in [9.17, 15) is 16.8 Å². The van der Waals surface area contributed by atoms with Crippen LogP contribution in [-0.2, 0) is 19.9 Å². The summed E-state index contributed by atoms with van der Waals surface area (Å²) in [6.07, 6.45) is 1.38. The van der Waals surface area contributed by atoms with Gasteiger partial charge in [-0.3, -0.25) is 4.31 Å². The molecule has 2 aromatic carbocycles. The van der Waals surface area contributed by atoms with Gasteiger partial charge in [-0.25, -0.2) is 16.8 Å². The first-order valence-corrected chi connectivity index (χ1v) is 11.1. The minimum atomic E-state index is -4.01. The molecule has 26 heavy (non-hydrogen) atoms. The molecule has 0 saturated carbocycles. The molecule has 0 spiro atoms. The van der Waals surface area contributed by atoms with Crippen molar-refractivity contribution in [2.24, 2.45) is 0 Å². The third-order valence-corrected chi connectivity index (χ3v) is 7.41. The Kier molecular flexibility index (Phi) is 5.01.